The first-order valence-electron chi connectivity index (χ1n) is 12.3. The van der Waals surface area contributed by atoms with Gasteiger partial charge >= 0.3 is 0 Å². The number of pyridine rings is 1. The molecule has 1 heterocycles. The van der Waals surface area contributed by atoms with E-state index in [2.05, 4.69) is 15.6 Å². The Morgan fingerprint density at radius 2 is 1.83 bits per heavy atom. The fourth-order valence-electron chi connectivity index (χ4n) is 5.01. The number of amides is 1. The molecule has 7 nitrogen and oxygen atoms in total. The van der Waals surface area contributed by atoms with Gasteiger partial charge in [-0.1, -0.05) is 25.0 Å². The summed E-state index contributed by atoms with van der Waals surface area (Å²) in [7, 11) is 0. The molecule has 0 bridgehead atoms. The summed E-state index contributed by atoms with van der Waals surface area (Å²) in [6.45, 7) is 5.69. The average molecular weight is 485 g/mol. The summed E-state index contributed by atoms with van der Waals surface area (Å²) in [5.74, 6) is -0.355. The van der Waals surface area contributed by atoms with Gasteiger partial charge in [0.25, 0.3) is 11.5 Å². The third kappa shape index (κ3) is 5.30. The highest BCUT2D eigenvalue weighted by atomic mass is 16.2. The lowest BCUT2D eigenvalue weighted by Crippen LogP contribution is -2.29. The number of aldehydes is 1. The van der Waals surface area contributed by atoms with Crippen LogP contribution in [0.1, 0.15) is 74.3 Å². The number of carbonyl (C=O) groups excluding carboxylic acids is 2. The molecule has 3 aromatic rings. The highest BCUT2D eigenvalue weighted by Gasteiger charge is 2.21. The zero-order valence-electron chi connectivity index (χ0n) is 21.0. The van der Waals surface area contributed by atoms with Crippen LogP contribution in [-0.2, 0) is 6.54 Å². The second kappa shape index (κ2) is 10.7. The highest BCUT2D eigenvalue weighted by Crippen LogP contribution is 2.33. The third-order valence-electron chi connectivity index (χ3n) is 6.90. The quantitative estimate of drug-likeness (QED) is 0.264. The molecule has 0 radical (unpaired) electrons. The molecule has 0 atom stereocenters. The molecule has 0 unspecified atom stereocenters. The van der Waals surface area contributed by atoms with Crippen molar-refractivity contribution < 1.29 is 9.59 Å². The maximum atomic E-state index is 13.4. The van der Waals surface area contributed by atoms with Gasteiger partial charge < -0.3 is 21.0 Å². The molecule has 0 saturated heterocycles. The monoisotopic (exact) mass is 484 g/mol. The molecule has 1 aliphatic rings. The average Bonchev–Trinajstić information content (AvgIpc) is 3.35. The topological polar surface area (TPSA) is 115 Å². The van der Waals surface area contributed by atoms with E-state index in [4.69, 9.17) is 5.41 Å². The van der Waals surface area contributed by atoms with Gasteiger partial charge in [-0.2, -0.15) is 0 Å². The second-order valence-electron chi connectivity index (χ2n) is 9.57. The van der Waals surface area contributed by atoms with E-state index < -0.39 is 0 Å². The van der Waals surface area contributed by atoms with E-state index in [1.54, 1.807) is 12.1 Å². The minimum atomic E-state index is -0.355. The number of aromatic nitrogens is 1. The number of hydrogen-bond acceptors (Lipinski definition) is 5. The number of aromatic amines is 1. The molecule has 0 aliphatic heterocycles. The molecular weight excluding hydrogens is 452 g/mol. The van der Waals surface area contributed by atoms with Crippen LogP contribution in [0.3, 0.4) is 0 Å². The van der Waals surface area contributed by atoms with Crippen LogP contribution >= 0.6 is 0 Å². The predicted molar refractivity (Wildman–Crippen MR) is 143 cm³/mol. The first-order chi connectivity index (χ1) is 17.3. The van der Waals surface area contributed by atoms with Crippen LogP contribution in [0.2, 0.25) is 0 Å². The number of nitrogens with one attached hydrogen (secondary N) is 4. The van der Waals surface area contributed by atoms with Crippen LogP contribution in [-0.4, -0.2) is 29.4 Å². The largest absolute Gasteiger partial charge is 0.382 e. The summed E-state index contributed by atoms with van der Waals surface area (Å²) in [5, 5.41) is 14.6. The first-order valence-corrected chi connectivity index (χ1v) is 12.3. The molecule has 1 saturated carbocycles. The Kier molecular flexibility index (Phi) is 7.48. The van der Waals surface area contributed by atoms with Gasteiger partial charge in [-0.3, -0.25) is 14.4 Å². The Balaban J connectivity index is 1.75. The number of aryl methyl sites for hydroxylation is 3. The zero-order valence-corrected chi connectivity index (χ0v) is 21.0. The minimum Gasteiger partial charge on any atom is -0.382 e. The van der Waals surface area contributed by atoms with Gasteiger partial charge in [0.1, 0.15) is 6.29 Å². The van der Waals surface area contributed by atoms with E-state index in [-0.39, 0.29) is 18.0 Å². The van der Waals surface area contributed by atoms with E-state index in [1.807, 2.05) is 45.0 Å². The Morgan fingerprint density at radius 3 is 2.47 bits per heavy atom. The number of carbonyl (C=O) groups is 2. The van der Waals surface area contributed by atoms with E-state index in [0.717, 1.165) is 65.6 Å². The molecular formula is C29H32N4O3. The van der Waals surface area contributed by atoms with E-state index in [0.29, 0.717) is 28.3 Å². The summed E-state index contributed by atoms with van der Waals surface area (Å²) < 4.78 is 0. The normalized spacial score (nSPS) is 13.4. The number of anilines is 1. The lowest BCUT2D eigenvalue weighted by atomic mass is 9.93. The standard InChI is InChI=1S/C29H32N4O3/c1-17-10-19(3)32-29(36)26(17)15-31-28(35)24-12-21(23-9-8-20(16-34)11-18(23)2)13-27(25(24)14-30)33-22-6-4-5-7-22/h8-14,16,22,30,33H,4-7,15H2,1-3H3,(H,31,35)(H,32,36). The van der Waals surface area contributed by atoms with Crippen molar-refractivity contribution in [2.24, 2.45) is 0 Å². The maximum Gasteiger partial charge on any atom is 0.253 e. The van der Waals surface area contributed by atoms with Crippen molar-refractivity contribution in [3.8, 4) is 11.1 Å². The molecule has 7 heteroatoms. The van der Waals surface area contributed by atoms with Gasteiger partial charge in [0.05, 0.1) is 5.56 Å². The Morgan fingerprint density at radius 1 is 1.08 bits per heavy atom. The molecule has 1 fully saturated rings. The predicted octanol–water partition coefficient (Wildman–Crippen LogP) is 5.06. The molecule has 186 valence electrons. The minimum absolute atomic E-state index is 0.0837. The molecule has 1 aliphatic carbocycles. The Bertz CT molecular complexity index is 1380. The van der Waals surface area contributed by atoms with E-state index >= 15 is 0 Å². The van der Waals surface area contributed by atoms with Crippen molar-refractivity contribution in [1.29, 1.82) is 5.41 Å². The highest BCUT2D eigenvalue weighted by molar-refractivity contribution is 6.06. The second-order valence-corrected chi connectivity index (χ2v) is 9.57. The van der Waals surface area contributed by atoms with Gasteiger partial charge in [0.15, 0.2) is 0 Å². The lowest BCUT2D eigenvalue weighted by molar-refractivity contribution is 0.0950. The lowest BCUT2D eigenvalue weighted by Gasteiger charge is -2.20. The Hall–Kier alpha value is -4.00. The SMILES string of the molecule is Cc1cc(C)c(CNC(=O)c2cc(-c3ccc(C=O)cc3C)cc(NC3CCCC3)c2C=N)c(=O)[nH]1. The van der Waals surface area contributed by atoms with Crippen molar-refractivity contribution in [2.45, 2.75) is 59.0 Å². The summed E-state index contributed by atoms with van der Waals surface area (Å²) in [6.07, 6.45) is 6.43. The van der Waals surface area contributed by atoms with E-state index in [1.165, 1.54) is 6.21 Å². The van der Waals surface area contributed by atoms with Crippen molar-refractivity contribution in [2.75, 3.05) is 5.32 Å². The van der Waals surface area contributed by atoms with E-state index in [9.17, 15) is 14.4 Å². The molecule has 36 heavy (non-hydrogen) atoms. The third-order valence-corrected chi connectivity index (χ3v) is 6.90. The van der Waals surface area contributed by atoms with Gasteiger partial charge in [-0.05, 0) is 80.1 Å². The van der Waals surface area contributed by atoms with Crippen molar-refractivity contribution >= 4 is 24.1 Å². The molecule has 2 aromatic carbocycles. The fraction of sp³-hybridized carbons (Fsp3) is 0.310. The van der Waals surface area contributed by atoms with Gasteiger partial charge in [-0.25, -0.2) is 0 Å². The molecule has 4 rings (SSSR count). The molecule has 1 amide bonds. The summed E-state index contributed by atoms with van der Waals surface area (Å²) >= 11 is 0. The van der Waals surface area contributed by atoms with Crippen LogP contribution in [0.5, 0.6) is 0 Å². The summed E-state index contributed by atoms with van der Waals surface area (Å²) in [6, 6.07) is 11.4. The van der Waals surface area contributed by atoms with Crippen LogP contribution in [0.25, 0.3) is 11.1 Å². The maximum absolute atomic E-state index is 13.4. The first kappa shape index (κ1) is 25.1. The van der Waals surface area contributed by atoms with Gasteiger partial charge in [-0.15, -0.1) is 0 Å². The number of benzene rings is 2. The van der Waals surface area contributed by atoms with Crippen LogP contribution in [0, 0.1) is 26.2 Å². The van der Waals surface area contributed by atoms with Crippen molar-refractivity contribution in [1.82, 2.24) is 10.3 Å². The summed E-state index contributed by atoms with van der Waals surface area (Å²) in [5.41, 5.74) is 6.73. The van der Waals surface area contributed by atoms with Gasteiger partial charge in [0.2, 0.25) is 0 Å². The molecule has 0 spiro atoms. The van der Waals surface area contributed by atoms with Crippen molar-refractivity contribution in [3.63, 3.8) is 0 Å². The molecule has 4 N–H and O–H groups in total. The number of hydrogen-bond donors (Lipinski definition) is 4. The number of H-pyrrole nitrogens is 1. The van der Waals surface area contributed by atoms with Crippen molar-refractivity contribution in [3.05, 3.63) is 85.8 Å². The Labute approximate surface area is 210 Å². The fourth-order valence-corrected chi connectivity index (χ4v) is 5.01. The number of rotatable bonds is 8. The van der Waals surface area contributed by atoms with Crippen LogP contribution < -0.4 is 16.2 Å². The molecule has 1 aromatic heterocycles. The van der Waals surface area contributed by atoms with Crippen LogP contribution in [0.15, 0.2) is 41.2 Å². The smallest absolute Gasteiger partial charge is 0.253 e. The van der Waals surface area contributed by atoms with Gasteiger partial charge in [0, 0.05) is 46.9 Å². The summed E-state index contributed by atoms with van der Waals surface area (Å²) in [4.78, 5) is 39.9. The zero-order chi connectivity index (χ0) is 25.8. The van der Waals surface area contributed by atoms with Crippen LogP contribution in [0.4, 0.5) is 5.69 Å².